The number of aromatic nitrogens is 3. The fourth-order valence-electron chi connectivity index (χ4n) is 3.05. The van der Waals surface area contributed by atoms with Crippen LogP contribution in [0.15, 0.2) is 30.3 Å². The zero-order valence-electron chi connectivity index (χ0n) is 14.9. The zero-order valence-corrected chi connectivity index (χ0v) is 14.9. The number of hydrogen-bond donors (Lipinski definition) is 2. The van der Waals surface area contributed by atoms with Gasteiger partial charge in [0.2, 0.25) is 0 Å². The highest BCUT2D eigenvalue weighted by molar-refractivity contribution is 5.84. The number of nitrogens with one attached hydrogen (secondary N) is 1. The quantitative estimate of drug-likeness (QED) is 0.807. The molecular formula is C19H26N4O2. The monoisotopic (exact) mass is 342 g/mol. The Kier molecular flexibility index (Phi) is 5.18. The second-order valence-corrected chi connectivity index (χ2v) is 7.10. The van der Waals surface area contributed by atoms with E-state index >= 15 is 0 Å². The van der Waals surface area contributed by atoms with E-state index in [-0.39, 0.29) is 12.5 Å². The maximum Gasteiger partial charge on any atom is 0.252 e. The van der Waals surface area contributed by atoms with E-state index in [0.717, 1.165) is 24.2 Å². The predicted molar refractivity (Wildman–Crippen MR) is 94.8 cm³/mol. The lowest BCUT2D eigenvalue weighted by Gasteiger charge is -2.24. The molecular weight excluding hydrogens is 316 g/mol. The van der Waals surface area contributed by atoms with Gasteiger partial charge in [0.25, 0.3) is 5.91 Å². The van der Waals surface area contributed by atoms with Crippen LogP contribution in [-0.2, 0) is 24.8 Å². The first-order valence-electron chi connectivity index (χ1n) is 8.90. The molecule has 6 nitrogen and oxygen atoms in total. The van der Waals surface area contributed by atoms with Crippen molar-refractivity contribution in [3.63, 3.8) is 0 Å². The van der Waals surface area contributed by atoms with Gasteiger partial charge in [-0.3, -0.25) is 4.79 Å². The lowest BCUT2D eigenvalue weighted by atomic mass is 9.85. The number of benzene rings is 1. The predicted octanol–water partition coefficient (Wildman–Crippen LogP) is 2.08. The average Bonchev–Trinajstić information content (AvgIpc) is 2.91. The molecule has 0 radical (unpaired) electrons. The first-order valence-corrected chi connectivity index (χ1v) is 8.90. The van der Waals surface area contributed by atoms with Gasteiger partial charge < -0.3 is 15.0 Å². The van der Waals surface area contributed by atoms with Crippen LogP contribution in [0.4, 0.5) is 0 Å². The minimum Gasteiger partial charge on any atom is -0.380 e. The molecule has 0 spiro atoms. The highest BCUT2D eigenvalue weighted by Crippen LogP contribution is 2.35. The molecule has 1 aliphatic rings. The normalized spacial score (nSPS) is 16.9. The first kappa shape index (κ1) is 17.6. The molecule has 1 aliphatic carbocycles. The van der Waals surface area contributed by atoms with Crippen molar-refractivity contribution in [2.24, 2.45) is 7.05 Å². The minimum absolute atomic E-state index is 0.274. The number of hydrogen-bond acceptors (Lipinski definition) is 4. The van der Waals surface area contributed by atoms with Crippen LogP contribution < -0.4 is 5.32 Å². The molecule has 0 bridgehead atoms. The third-order valence-corrected chi connectivity index (χ3v) is 5.11. The largest absolute Gasteiger partial charge is 0.380 e. The Labute approximate surface area is 148 Å². The molecule has 1 heterocycles. The minimum atomic E-state index is -1.41. The van der Waals surface area contributed by atoms with Crippen molar-refractivity contribution in [2.45, 2.75) is 57.1 Å². The number of aryl methyl sites for hydroxylation is 1. The fourth-order valence-corrected chi connectivity index (χ4v) is 3.05. The highest BCUT2D eigenvalue weighted by Gasteiger charge is 2.30. The van der Waals surface area contributed by atoms with Crippen LogP contribution in [0.1, 0.15) is 55.7 Å². The summed E-state index contributed by atoms with van der Waals surface area (Å²) in [7, 11) is 1.93. The van der Waals surface area contributed by atoms with E-state index in [1.54, 1.807) is 6.92 Å². The van der Waals surface area contributed by atoms with Crippen molar-refractivity contribution in [3.05, 3.63) is 47.5 Å². The van der Waals surface area contributed by atoms with Crippen molar-refractivity contribution in [1.82, 2.24) is 20.1 Å². The van der Waals surface area contributed by atoms with E-state index in [1.165, 1.54) is 6.42 Å². The van der Waals surface area contributed by atoms with E-state index in [9.17, 15) is 9.90 Å². The molecule has 1 amide bonds. The topological polar surface area (TPSA) is 80.0 Å². The first-order chi connectivity index (χ1) is 12.0. The molecule has 134 valence electrons. The third-order valence-electron chi connectivity index (χ3n) is 5.11. The molecule has 0 aliphatic heterocycles. The van der Waals surface area contributed by atoms with Gasteiger partial charge in [-0.05, 0) is 38.2 Å². The van der Waals surface area contributed by atoms with Crippen molar-refractivity contribution >= 4 is 5.91 Å². The van der Waals surface area contributed by atoms with E-state index in [4.69, 9.17) is 0 Å². The zero-order chi connectivity index (χ0) is 17.9. The fraction of sp³-hybridized carbons (Fsp3) is 0.526. The number of aliphatic hydroxyl groups is 1. The van der Waals surface area contributed by atoms with Crippen molar-refractivity contribution in [2.75, 3.05) is 0 Å². The van der Waals surface area contributed by atoms with Crippen LogP contribution in [0.5, 0.6) is 0 Å². The van der Waals surface area contributed by atoms with Gasteiger partial charge in [-0.25, -0.2) is 0 Å². The van der Waals surface area contributed by atoms with Gasteiger partial charge in [0.15, 0.2) is 5.82 Å². The summed E-state index contributed by atoms with van der Waals surface area (Å²) in [6.07, 6.45) is 4.58. The van der Waals surface area contributed by atoms with Crippen molar-refractivity contribution in [1.29, 1.82) is 0 Å². The molecule has 6 heteroatoms. The van der Waals surface area contributed by atoms with Gasteiger partial charge >= 0.3 is 0 Å². The summed E-state index contributed by atoms with van der Waals surface area (Å²) < 4.78 is 1.96. The van der Waals surface area contributed by atoms with Gasteiger partial charge in [0.05, 0.1) is 6.54 Å². The maximum atomic E-state index is 12.4. The maximum absolute atomic E-state index is 12.4. The smallest absolute Gasteiger partial charge is 0.252 e. The summed E-state index contributed by atoms with van der Waals surface area (Å²) in [5.74, 6) is 1.83. The van der Waals surface area contributed by atoms with E-state index in [2.05, 4.69) is 15.5 Å². The van der Waals surface area contributed by atoms with Gasteiger partial charge in [-0.15, -0.1) is 10.2 Å². The molecule has 2 aromatic rings. The van der Waals surface area contributed by atoms with Gasteiger partial charge in [0, 0.05) is 13.0 Å². The molecule has 0 saturated heterocycles. The Morgan fingerprint density at radius 1 is 1.32 bits per heavy atom. The standard InChI is InChI=1S/C19H26N4O2/c1-19(25,12-11-14-7-4-3-5-8-14)18(24)20-13-16-21-22-17(23(16)2)15-9-6-10-15/h3-5,7-8,15,25H,6,9-13H2,1-2H3,(H,20,24)/t19-/m1/s1. The van der Waals surface area contributed by atoms with Crippen LogP contribution >= 0.6 is 0 Å². The molecule has 1 aromatic heterocycles. The summed E-state index contributed by atoms with van der Waals surface area (Å²) >= 11 is 0. The van der Waals surface area contributed by atoms with Gasteiger partial charge in [-0.1, -0.05) is 36.8 Å². The third kappa shape index (κ3) is 4.07. The molecule has 3 rings (SSSR count). The molecule has 2 N–H and O–H groups in total. The Hall–Kier alpha value is -2.21. The number of carbonyl (C=O) groups is 1. The highest BCUT2D eigenvalue weighted by atomic mass is 16.3. The molecule has 1 fully saturated rings. The number of amides is 1. The molecule has 1 saturated carbocycles. The van der Waals surface area contributed by atoms with Crippen LogP contribution in [0, 0.1) is 0 Å². The Morgan fingerprint density at radius 2 is 2.04 bits per heavy atom. The Balaban J connectivity index is 1.53. The van der Waals surface area contributed by atoms with E-state index in [0.29, 0.717) is 24.6 Å². The molecule has 1 atom stereocenters. The SMILES string of the molecule is Cn1c(CNC(=O)[C@](C)(O)CCc2ccccc2)nnc1C1CCC1. The number of rotatable bonds is 7. The second-order valence-electron chi connectivity index (χ2n) is 7.10. The van der Waals surface area contributed by atoms with Crippen molar-refractivity contribution in [3.8, 4) is 0 Å². The summed E-state index contributed by atoms with van der Waals surface area (Å²) in [5.41, 5.74) is -0.306. The summed E-state index contributed by atoms with van der Waals surface area (Å²) in [6, 6.07) is 9.86. The van der Waals surface area contributed by atoms with Crippen LogP contribution in [0.2, 0.25) is 0 Å². The van der Waals surface area contributed by atoms with Gasteiger partial charge in [0.1, 0.15) is 11.4 Å². The van der Waals surface area contributed by atoms with E-state index < -0.39 is 5.60 Å². The lowest BCUT2D eigenvalue weighted by Crippen LogP contribution is -2.44. The number of carbonyl (C=O) groups excluding carboxylic acids is 1. The second kappa shape index (κ2) is 7.35. The van der Waals surface area contributed by atoms with Crippen LogP contribution in [0.25, 0.3) is 0 Å². The lowest BCUT2D eigenvalue weighted by molar-refractivity contribution is -0.138. The van der Waals surface area contributed by atoms with Crippen LogP contribution in [-0.4, -0.2) is 31.4 Å². The van der Waals surface area contributed by atoms with Gasteiger partial charge in [-0.2, -0.15) is 0 Å². The summed E-state index contributed by atoms with van der Waals surface area (Å²) in [5, 5.41) is 21.7. The Bertz CT molecular complexity index is 720. The Morgan fingerprint density at radius 3 is 2.68 bits per heavy atom. The average molecular weight is 342 g/mol. The van der Waals surface area contributed by atoms with Crippen LogP contribution in [0.3, 0.4) is 0 Å². The molecule has 1 aromatic carbocycles. The molecule has 0 unspecified atom stereocenters. The van der Waals surface area contributed by atoms with Crippen molar-refractivity contribution < 1.29 is 9.90 Å². The number of nitrogens with zero attached hydrogens (tertiary/aromatic N) is 3. The molecule has 25 heavy (non-hydrogen) atoms. The van der Waals surface area contributed by atoms with E-state index in [1.807, 2.05) is 41.9 Å². The summed E-state index contributed by atoms with van der Waals surface area (Å²) in [6.45, 7) is 1.83. The summed E-state index contributed by atoms with van der Waals surface area (Å²) in [4.78, 5) is 12.4.